The van der Waals surface area contributed by atoms with Crippen LogP contribution in [0.25, 0.3) is 5.76 Å². The Morgan fingerprint density at radius 3 is 2.38 bits per heavy atom. The minimum absolute atomic E-state index is 0.0713. The number of amides is 1. The SMILES string of the molecule is COc1cccc([C@H]2C(=C(O)c3ccc(F)cc3)C(=O)C(=O)N2CCCN(C)C)c1OC. The summed E-state index contributed by atoms with van der Waals surface area (Å²) in [7, 11) is 6.81. The molecule has 1 fully saturated rings. The minimum Gasteiger partial charge on any atom is -0.507 e. The molecule has 1 aliphatic rings. The maximum absolute atomic E-state index is 13.4. The fourth-order valence-corrected chi connectivity index (χ4v) is 3.88. The van der Waals surface area contributed by atoms with Crippen molar-refractivity contribution in [3.8, 4) is 11.5 Å². The van der Waals surface area contributed by atoms with E-state index in [0.29, 0.717) is 36.6 Å². The average molecular weight is 442 g/mol. The summed E-state index contributed by atoms with van der Waals surface area (Å²) in [4.78, 5) is 29.5. The Bertz CT molecular complexity index is 1030. The summed E-state index contributed by atoms with van der Waals surface area (Å²) in [5.74, 6) is -1.55. The molecule has 7 nitrogen and oxygen atoms in total. The van der Waals surface area contributed by atoms with E-state index in [-0.39, 0.29) is 16.9 Å². The van der Waals surface area contributed by atoms with Gasteiger partial charge in [0.2, 0.25) is 0 Å². The van der Waals surface area contributed by atoms with Gasteiger partial charge in [-0.1, -0.05) is 12.1 Å². The van der Waals surface area contributed by atoms with Crippen LogP contribution in [0, 0.1) is 5.82 Å². The van der Waals surface area contributed by atoms with Gasteiger partial charge in [0.05, 0.1) is 25.8 Å². The highest BCUT2D eigenvalue weighted by molar-refractivity contribution is 6.46. The smallest absolute Gasteiger partial charge is 0.295 e. The summed E-state index contributed by atoms with van der Waals surface area (Å²) < 4.78 is 24.3. The van der Waals surface area contributed by atoms with Crippen molar-refractivity contribution in [3.63, 3.8) is 0 Å². The molecule has 0 spiro atoms. The molecule has 0 saturated carbocycles. The van der Waals surface area contributed by atoms with E-state index in [0.717, 1.165) is 0 Å². The Balaban J connectivity index is 2.19. The molecule has 170 valence electrons. The molecule has 1 aliphatic heterocycles. The van der Waals surface area contributed by atoms with Crippen LogP contribution in [-0.2, 0) is 9.59 Å². The lowest BCUT2D eigenvalue weighted by Gasteiger charge is -2.27. The number of carbonyl (C=O) groups excluding carboxylic acids is 2. The molecular formula is C24H27FN2O5. The van der Waals surface area contributed by atoms with Crippen molar-refractivity contribution in [2.24, 2.45) is 0 Å². The number of rotatable bonds is 8. The number of hydrogen-bond acceptors (Lipinski definition) is 6. The van der Waals surface area contributed by atoms with E-state index in [4.69, 9.17) is 9.47 Å². The van der Waals surface area contributed by atoms with Crippen LogP contribution in [0.1, 0.15) is 23.6 Å². The molecule has 0 unspecified atom stereocenters. The van der Waals surface area contributed by atoms with Gasteiger partial charge >= 0.3 is 0 Å². The van der Waals surface area contributed by atoms with Gasteiger partial charge in [0.25, 0.3) is 11.7 Å². The van der Waals surface area contributed by atoms with Crippen molar-refractivity contribution >= 4 is 17.4 Å². The molecule has 1 amide bonds. The van der Waals surface area contributed by atoms with E-state index in [1.54, 1.807) is 18.2 Å². The fraction of sp³-hybridized carbons (Fsp3) is 0.333. The topological polar surface area (TPSA) is 79.3 Å². The molecule has 1 N–H and O–H groups in total. The molecule has 1 saturated heterocycles. The Labute approximate surface area is 186 Å². The summed E-state index contributed by atoms with van der Waals surface area (Å²) in [5, 5.41) is 11.0. The minimum atomic E-state index is -0.882. The lowest BCUT2D eigenvalue weighted by atomic mass is 9.94. The van der Waals surface area contributed by atoms with E-state index in [9.17, 15) is 19.1 Å². The summed E-state index contributed by atoms with van der Waals surface area (Å²) in [6, 6.07) is 9.39. The van der Waals surface area contributed by atoms with Gasteiger partial charge in [0.15, 0.2) is 11.5 Å². The molecule has 2 aromatic rings. The highest BCUT2D eigenvalue weighted by atomic mass is 19.1. The molecule has 0 aromatic heterocycles. The first-order valence-electron chi connectivity index (χ1n) is 10.2. The summed E-state index contributed by atoms with van der Waals surface area (Å²) in [6.45, 7) is 1.01. The molecule has 2 aromatic carbocycles. The highest BCUT2D eigenvalue weighted by Gasteiger charge is 2.47. The van der Waals surface area contributed by atoms with Crippen molar-refractivity contribution in [1.29, 1.82) is 0 Å². The number of methoxy groups -OCH3 is 2. The Morgan fingerprint density at radius 2 is 1.78 bits per heavy atom. The van der Waals surface area contributed by atoms with E-state index in [1.807, 2.05) is 19.0 Å². The highest BCUT2D eigenvalue weighted by Crippen LogP contribution is 2.45. The number of carbonyl (C=O) groups is 2. The average Bonchev–Trinajstić information content (AvgIpc) is 3.03. The second-order valence-corrected chi connectivity index (χ2v) is 7.74. The third-order valence-corrected chi connectivity index (χ3v) is 5.39. The first-order valence-corrected chi connectivity index (χ1v) is 10.2. The van der Waals surface area contributed by atoms with Crippen molar-refractivity contribution in [3.05, 3.63) is 65.0 Å². The van der Waals surface area contributed by atoms with Crippen LogP contribution in [-0.4, -0.2) is 68.0 Å². The molecule has 0 bridgehead atoms. The summed E-state index contributed by atoms with van der Waals surface area (Å²) in [5.41, 5.74) is 0.683. The molecular weight excluding hydrogens is 415 g/mol. The largest absolute Gasteiger partial charge is 0.507 e. The van der Waals surface area contributed by atoms with Crippen molar-refractivity contribution < 1.29 is 28.6 Å². The second kappa shape index (κ2) is 9.82. The van der Waals surface area contributed by atoms with E-state index in [1.165, 1.54) is 43.4 Å². The molecule has 3 rings (SSSR count). The maximum Gasteiger partial charge on any atom is 0.295 e. The molecule has 1 heterocycles. The van der Waals surface area contributed by atoms with Crippen LogP contribution in [0.2, 0.25) is 0 Å². The number of ether oxygens (including phenoxy) is 2. The monoisotopic (exact) mass is 442 g/mol. The fourth-order valence-electron chi connectivity index (χ4n) is 3.88. The van der Waals surface area contributed by atoms with Crippen LogP contribution >= 0.6 is 0 Å². The van der Waals surface area contributed by atoms with Crippen LogP contribution in [0.5, 0.6) is 11.5 Å². The number of halogens is 1. The number of para-hydroxylation sites is 1. The molecule has 1 atom stereocenters. The zero-order valence-corrected chi connectivity index (χ0v) is 18.6. The number of hydrogen-bond donors (Lipinski definition) is 1. The lowest BCUT2D eigenvalue weighted by Crippen LogP contribution is -2.32. The van der Waals surface area contributed by atoms with E-state index in [2.05, 4.69) is 0 Å². The quantitative estimate of drug-likeness (QED) is 0.384. The Kier molecular flexibility index (Phi) is 7.15. The number of likely N-dealkylation sites (tertiary alicyclic amines) is 1. The van der Waals surface area contributed by atoms with Crippen LogP contribution < -0.4 is 9.47 Å². The standard InChI is InChI=1S/C24H27FN2O5/c1-26(2)13-6-14-27-20(17-7-5-8-18(31-3)23(17)32-4)19(22(29)24(27)30)21(28)15-9-11-16(25)12-10-15/h5,7-12,20,28H,6,13-14H2,1-4H3/t20-/m0/s1. The van der Waals surface area contributed by atoms with Gasteiger partial charge in [-0.15, -0.1) is 0 Å². The number of nitrogens with zero attached hydrogens (tertiary/aromatic N) is 2. The third kappa shape index (κ3) is 4.45. The van der Waals surface area contributed by atoms with Gasteiger partial charge in [-0.3, -0.25) is 9.59 Å². The zero-order valence-electron chi connectivity index (χ0n) is 18.6. The number of Topliss-reactive ketones (excluding diaryl/α,β-unsaturated/α-hetero) is 1. The van der Waals surface area contributed by atoms with Gasteiger partial charge in [-0.25, -0.2) is 4.39 Å². The normalized spacial score (nSPS) is 17.8. The Morgan fingerprint density at radius 1 is 1.09 bits per heavy atom. The van der Waals surface area contributed by atoms with Crippen molar-refractivity contribution in [1.82, 2.24) is 9.80 Å². The number of benzene rings is 2. The predicted molar refractivity (Wildman–Crippen MR) is 118 cm³/mol. The molecule has 0 radical (unpaired) electrons. The Hall–Kier alpha value is -3.39. The number of aliphatic hydroxyl groups is 1. The van der Waals surface area contributed by atoms with Crippen molar-refractivity contribution in [2.75, 3.05) is 41.4 Å². The van der Waals surface area contributed by atoms with Gasteiger partial charge < -0.3 is 24.4 Å². The van der Waals surface area contributed by atoms with Gasteiger partial charge in [0.1, 0.15) is 11.6 Å². The summed E-state index contributed by atoms with van der Waals surface area (Å²) in [6.07, 6.45) is 0.624. The lowest BCUT2D eigenvalue weighted by molar-refractivity contribution is -0.140. The first kappa shape index (κ1) is 23.3. The van der Waals surface area contributed by atoms with E-state index < -0.39 is 23.5 Å². The van der Waals surface area contributed by atoms with Gasteiger partial charge in [0, 0.05) is 17.7 Å². The maximum atomic E-state index is 13.4. The van der Waals surface area contributed by atoms with Gasteiger partial charge in [-0.2, -0.15) is 0 Å². The van der Waals surface area contributed by atoms with E-state index >= 15 is 0 Å². The van der Waals surface area contributed by atoms with Crippen molar-refractivity contribution in [2.45, 2.75) is 12.5 Å². The first-order chi connectivity index (χ1) is 15.3. The van der Waals surface area contributed by atoms with Crippen LogP contribution in [0.15, 0.2) is 48.0 Å². The molecule has 0 aliphatic carbocycles. The third-order valence-electron chi connectivity index (χ3n) is 5.39. The number of aliphatic hydroxyl groups excluding tert-OH is 1. The second-order valence-electron chi connectivity index (χ2n) is 7.74. The van der Waals surface area contributed by atoms with Crippen LogP contribution in [0.3, 0.4) is 0 Å². The number of ketones is 1. The molecule has 8 heteroatoms. The van der Waals surface area contributed by atoms with Gasteiger partial charge in [-0.05, 0) is 57.4 Å². The summed E-state index contributed by atoms with van der Waals surface area (Å²) >= 11 is 0. The predicted octanol–water partition coefficient (Wildman–Crippen LogP) is 3.22. The zero-order chi connectivity index (χ0) is 23.4. The van der Waals surface area contributed by atoms with Crippen LogP contribution in [0.4, 0.5) is 4.39 Å². The molecule has 32 heavy (non-hydrogen) atoms.